The topological polar surface area (TPSA) is 21.7 Å². The molecule has 2 fully saturated rings. The molecule has 1 saturated carbocycles. The van der Waals surface area contributed by atoms with E-state index in [0.29, 0.717) is 12.0 Å². The van der Waals surface area contributed by atoms with Crippen molar-refractivity contribution < 1.29 is 9.47 Å². The molecule has 3 nitrogen and oxygen atoms in total. The lowest BCUT2D eigenvalue weighted by Crippen LogP contribution is -2.39. The maximum atomic E-state index is 5.84. The second-order valence-electron chi connectivity index (χ2n) is 6.26. The molecule has 110 valence electrons. The first-order valence-electron chi connectivity index (χ1n) is 7.69. The molecule has 1 aliphatic heterocycles. The first-order valence-corrected chi connectivity index (χ1v) is 7.69. The van der Waals surface area contributed by atoms with Crippen molar-refractivity contribution in [1.29, 1.82) is 0 Å². The van der Waals surface area contributed by atoms with Crippen LogP contribution >= 0.6 is 0 Å². The van der Waals surface area contributed by atoms with E-state index in [2.05, 4.69) is 49.3 Å². The summed E-state index contributed by atoms with van der Waals surface area (Å²) in [4.78, 5) is 2.36. The molecule has 1 atom stereocenters. The first kappa shape index (κ1) is 14.1. The van der Waals surface area contributed by atoms with E-state index in [9.17, 15) is 0 Å². The second kappa shape index (κ2) is 5.84. The zero-order valence-corrected chi connectivity index (χ0v) is 12.5. The van der Waals surface area contributed by atoms with Crippen molar-refractivity contribution in [3.63, 3.8) is 0 Å². The predicted octanol–water partition coefficient (Wildman–Crippen LogP) is 3.22. The highest BCUT2D eigenvalue weighted by atomic mass is 16.7. The fraction of sp³-hybridized carbons (Fsp3) is 0.647. The van der Waals surface area contributed by atoms with Crippen LogP contribution < -0.4 is 0 Å². The molecule has 1 aromatic rings. The van der Waals surface area contributed by atoms with E-state index in [-0.39, 0.29) is 5.79 Å². The van der Waals surface area contributed by atoms with Gasteiger partial charge in [-0.2, -0.15) is 0 Å². The summed E-state index contributed by atoms with van der Waals surface area (Å²) in [5.74, 6) is 0.440. The van der Waals surface area contributed by atoms with E-state index in [1.54, 1.807) is 0 Å². The molecular weight excluding hydrogens is 250 g/mol. The average Bonchev–Trinajstić information content (AvgIpc) is 2.91. The van der Waals surface area contributed by atoms with Crippen LogP contribution in [0.4, 0.5) is 0 Å². The minimum atomic E-state index is -0.246. The zero-order valence-electron chi connectivity index (χ0n) is 12.5. The molecule has 1 aromatic carbocycles. The van der Waals surface area contributed by atoms with Gasteiger partial charge < -0.3 is 14.4 Å². The van der Waals surface area contributed by atoms with E-state index >= 15 is 0 Å². The van der Waals surface area contributed by atoms with Crippen molar-refractivity contribution in [1.82, 2.24) is 4.90 Å². The molecule has 0 N–H and O–H groups in total. The summed E-state index contributed by atoms with van der Waals surface area (Å²) in [5.41, 5.74) is 1.42. The van der Waals surface area contributed by atoms with E-state index in [0.717, 1.165) is 26.1 Å². The molecule has 1 saturated heterocycles. The van der Waals surface area contributed by atoms with Gasteiger partial charge in [0.1, 0.15) is 0 Å². The van der Waals surface area contributed by atoms with Crippen LogP contribution in [0.15, 0.2) is 30.3 Å². The maximum absolute atomic E-state index is 5.84. The third-order valence-corrected chi connectivity index (χ3v) is 4.75. The average molecular weight is 275 g/mol. The van der Waals surface area contributed by atoms with Crippen molar-refractivity contribution in [2.24, 2.45) is 5.92 Å². The monoisotopic (exact) mass is 275 g/mol. The Kier molecular flexibility index (Phi) is 4.11. The molecule has 1 aliphatic carbocycles. The summed E-state index contributed by atoms with van der Waals surface area (Å²) in [7, 11) is 4.37. The first-order chi connectivity index (χ1) is 9.70. The van der Waals surface area contributed by atoms with Crippen molar-refractivity contribution in [2.75, 3.05) is 27.3 Å². The highest BCUT2D eigenvalue weighted by molar-refractivity contribution is 5.20. The second-order valence-corrected chi connectivity index (χ2v) is 6.26. The number of benzene rings is 1. The highest BCUT2D eigenvalue weighted by Gasteiger charge is 2.42. The standard InChI is InChI=1S/C17H25NO2/c1-18(2)16(14-6-4-3-5-7-14)15-8-10-17(11-9-15)19-12-13-20-17/h3-7,15-16H,8-13H2,1-2H3. The van der Waals surface area contributed by atoms with Gasteiger partial charge in [0, 0.05) is 18.9 Å². The Labute approximate surface area is 121 Å². The Morgan fingerprint density at radius 1 is 1.05 bits per heavy atom. The summed E-state index contributed by atoms with van der Waals surface area (Å²) < 4.78 is 11.7. The van der Waals surface area contributed by atoms with E-state index in [4.69, 9.17) is 9.47 Å². The van der Waals surface area contributed by atoms with E-state index in [1.165, 1.54) is 18.4 Å². The van der Waals surface area contributed by atoms with Crippen LogP contribution in [0.25, 0.3) is 0 Å². The van der Waals surface area contributed by atoms with Gasteiger partial charge in [-0.1, -0.05) is 30.3 Å². The quantitative estimate of drug-likeness (QED) is 0.845. The Hall–Kier alpha value is -0.900. The molecule has 0 radical (unpaired) electrons. The third-order valence-electron chi connectivity index (χ3n) is 4.75. The number of ether oxygens (including phenoxy) is 2. The number of rotatable bonds is 3. The van der Waals surface area contributed by atoms with Gasteiger partial charge >= 0.3 is 0 Å². The molecule has 20 heavy (non-hydrogen) atoms. The lowest BCUT2D eigenvalue weighted by molar-refractivity contribution is -0.185. The van der Waals surface area contributed by atoms with Crippen LogP contribution in [0.1, 0.15) is 37.3 Å². The van der Waals surface area contributed by atoms with Gasteiger partial charge in [0.2, 0.25) is 0 Å². The molecule has 0 aromatic heterocycles. The lowest BCUT2D eigenvalue weighted by Gasteiger charge is -2.40. The van der Waals surface area contributed by atoms with Crippen LogP contribution in [0, 0.1) is 5.92 Å². The van der Waals surface area contributed by atoms with Gasteiger partial charge in [0.15, 0.2) is 5.79 Å². The molecule has 3 heteroatoms. The largest absolute Gasteiger partial charge is 0.348 e. The van der Waals surface area contributed by atoms with Gasteiger partial charge in [0.05, 0.1) is 13.2 Å². The Bertz CT molecular complexity index is 416. The molecule has 2 aliphatic rings. The molecule has 1 heterocycles. The van der Waals surface area contributed by atoms with Crippen molar-refractivity contribution in [3.8, 4) is 0 Å². The lowest BCUT2D eigenvalue weighted by atomic mass is 9.78. The van der Waals surface area contributed by atoms with Crippen molar-refractivity contribution in [3.05, 3.63) is 35.9 Å². The Morgan fingerprint density at radius 3 is 2.20 bits per heavy atom. The summed E-state index contributed by atoms with van der Waals surface area (Å²) >= 11 is 0. The SMILES string of the molecule is CN(C)C(c1ccccc1)C1CCC2(CC1)OCCO2. The fourth-order valence-electron chi connectivity index (χ4n) is 3.82. The zero-order chi connectivity index (χ0) is 14.0. The van der Waals surface area contributed by atoms with Crippen LogP contribution in [-0.4, -0.2) is 38.0 Å². The number of hydrogen-bond donors (Lipinski definition) is 0. The minimum absolute atomic E-state index is 0.246. The molecule has 0 bridgehead atoms. The van der Waals surface area contributed by atoms with Crippen molar-refractivity contribution in [2.45, 2.75) is 37.5 Å². The molecule has 1 spiro atoms. The summed E-state index contributed by atoms with van der Waals surface area (Å²) in [5, 5.41) is 0. The summed E-state index contributed by atoms with van der Waals surface area (Å²) in [6.45, 7) is 1.53. The van der Waals surface area contributed by atoms with Crippen molar-refractivity contribution >= 4 is 0 Å². The molecule has 3 rings (SSSR count). The predicted molar refractivity (Wildman–Crippen MR) is 79.5 cm³/mol. The smallest absolute Gasteiger partial charge is 0.168 e. The highest BCUT2D eigenvalue weighted by Crippen LogP contribution is 2.43. The molecule has 0 amide bonds. The van der Waals surface area contributed by atoms with Gasteiger partial charge in [-0.25, -0.2) is 0 Å². The fourth-order valence-corrected chi connectivity index (χ4v) is 3.82. The van der Waals surface area contributed by atoms with Gasteiger partial charge in [0.25, 0.3) is 0 Å². The van der Waals surface area contributed by atoms with Crippen LogP contribution in [0.5, 0.6) is 0 Å². The van der Waals surface area contributed by atoms with Crippen LogP contribution in [-0.2, 0) is 9.47 Å². The van der Waals surface area contributed by atoms with Crippen LogP contribution in [0.3, 0.4) is 0 Å². The Morgan fingerprint density at radius 2 is 1.65 bits per heavy atom. The van der Waals surface area contributed by atoms with Gasteiger partial charge in [-0.15, -0.1) is 0 Å². The van der Waals surface area contributed by atoms with Gasteiger partial charge in [-0.05, 0) is 38.4 Å². The van der Waals surface area contributed by atoms with E-state index in [1.807, 2.05) is 0 Å². The third kappa shape index (κ3) is 2.76. The molecule has 1 unspecified atom stereocenters. The number of hydrogen-bond acceptors (Lipinski definition) is 3. The summed E-state index contributed by atoms with van der Waals surface area (Å²) in [6, 6.07) is 11.4. The normalized spacial score (nSPS) is 24.4. The maximum Gasteiger partial charge on any atom is 0.168 e. The van der Waals surface area contributed by atoms with Gasteiger partial charge in [-0.3, -0.25) is 0 Å². The molecular formula is C17H25NO2. The number of nitrogens with zero attached hydrogens (tertiary/aromatic N) is 1. The summed E-state index contributed by atoms with van der Waals surface area (Å²) in [6.07, 6.45) is 4.43. The minimum Gasteiger partial charge on any atom is -0.348 e. The Balaban J connectivity index is 1.71. The van der Waals surface area contributed by atoms with E-state index < -0.39 is 0 Å². The van der Waals surface area contributed by atoms with Crippen LogP contribution in [0.2, 0.25) is 0 Å².